The molecular weight excluding hydrogens is 338 g/mol. The molecule has 0 spiro atoms. The summed E-state index contributed by atoms with van der Waals surface area (Å²) in [6.07, 6.45) is 0.426. The lowest BCUT2D eigenvalue weighted by Gasteiger charge is -2.13. The standard InChI is InChI=1S/C15H17NO7S/c1-21-10-5-4-9(8-11(10)22-2)14-12(17)13(18)15(23-14)16-6-3-7-24(16,19)20/h4-5,8,17-18H,3,6-7H2,1-2H3. The summed E-state index contributed by atoms with van der Waals surface area (Å²) in [4.78, 5) is 0. The summed E-state index contributed by atoms with van der Waals surface area (Å²) in [7, 11) is -0.596. The number of sulfonamides is 1. The van der Waals surface area contributed by atoms with E-state index in [-0.39, 0.29) is 23.9 Å². The molecular formula is C15H17NO7S. The second kappa shape index (κ2) is 5.82. The minimum Gasteiger partial charge on any atom is -0.502 e. The highest BCUT2D eigenvalue weighted by Crippen LogP contribution is 2.49. The van der Waals surface area contributed by atoms with E-state index in [2.05, 4.69) is 0 Å². The van der Waals surface area contributed by atoms with E-state index in [0.717, 1.165) is 4.31 Å². The average Bonchev–Trinajstić information content (AvgIpc) is 3.06. The maximum Gasteiger partial charge on any atom is 0.256 e. The number of anilines is 1. The Bertz CT molecular complexity index is 872. The second-order valence-electron chi connectivity index (χ2n) is 5.25. The summed E-state index contributed by atoms with van der Waals surface area (Å²) >= 11 is 0. The zero-order valence-corrected chi connectivity index (χ0v) is 14.0. The summed E-state index contributed by atoms with van der Waals surface area (Å²) in [6.45, 7) is 0.189. The average molecular weight is 355 g/mol. The van der Waals surface area contributed by atoms with Crippen molar-refractivity contribution in [2.45, 2.75) is 6.42 Å². The highest BCUT2D eigenvalue weighted by molar-refractivity contribution is 7.93. The first-order chi connectivity index (χ1) is 11.4. The number of hydrogen-bond acceptors (Lipinski definition) is 7. The van der Waals surface area contributed by atoms with E-state index in [1.165, 1.54) is 14.2 Å². The van der Waals surface area contributed by atoms with Crippen LogP contribution < -0.4 is 13.8 Å². The fraction of sp³-hybridized carbons (Fsp3) is 0.333. The molecule has 8 nitrogen and oxygen atoms in total. The van der Waals surface area contributed by atoms with Crippen molar-refractivity contribution in [1.29, 1.82) is 0 Å². The second-order valence-corrected chi connectivity index (χ2v) is 7.26. The van der Waals surface area contributed by atoms with Gasteiger partial charge in [-0.05, 0) is 24.6 Å². The van der Waals surface area contributed by atoms with Gasteiger partial charge in [0, 0.05) is 12.1 Å². The number of ether oxygens (including phenoxy) is 2. The number of nitrogens with zero attached hydrogens (tertiary/aromatic N) is 1. The largest absolute Gasteiger partial charge is 0.502 e. The SMILES string of the molecule is COc1ccc(-c2oc(N3CCCS3(=O)=O)c(O)c2O)cc1OC. The van der Waals surface area contributed by atoms with Crippen molar-refractivity contribution in [2.75, 3.05) is 30.8 Å². The van der Waals surface area contributed by atoms with Crippen molar-refractivity contribution in [2.24, 2.45) is 0 Å². The van der Waals surface area contributed by atoms with Crippen molar-refractivity contribution < 1.29 is 32.5 Å². The number of methoxy groups -OCH3 is 2. The lowest BCUT2D eigenvalue weighted by Crippen LogP contribution is -2.24. The van der Waals surface area contributed by atoms with Crippen LogP contribution in [-0.4, -0.2) is 45.1 Å². The Balaban J connectivity index is 2.09. The van der Waals surface area contributed by atoms with Crippen molar-refractivity contribution >= 4 is 15.9 Å². The molecule has 2 aromatic rings. The summed E-state index contributed by atoms with van der Waals surface area (Å²) in [5.41, 5.74) is 0.406. The number of aromatic hydroxyl groups is 2. The molecule has 2 heterocycles. The monoisotopic (exact) mass is 355 g/mol. The Labute approximate surface area is 138 Å². The third kappa shape index (κ3) is 2.50. The van der Waals surface area contributed by atoms with Crippen molar-refractivity contribution in [1.82, 2.24) is 0 Å². The molecule has 1 aromatic carbocycles. The van der Waals surface area contributed by atoms with Gasteiger partial charge in [0.15, 0.2) is 17.3 Å². The van der Waals surface area contributed by atoms with Crippen LogP contribution in [-0.2, 0) is 10.0 Å². The van der Waals surface area contributed by atoms with E-state index >= 15 is 0 Å². The molecule has 0 saturated carbocycles. The summed E-state index contributed by atoms with van der Waals surface area (Å²) < 4.78 is 40.8. The molecule has 1 aromatic heterocycles. The van der Waals surface area contributed by atoms with E-state index in [1.807, 2.05) is 0 Å². The van der Waals surface area contributed by atoms with Gasteiger partial charge in [-0.3, -0.25) is 0 Å². The normalized spacial score (nSPS) is 16.3. The Kier molecular flexibility index (Phi) is 3.96. The van der Waals surface area contributed by atoms with Crippen LogP contribution in [0.25, 0.3) is 11.3 Å². The first-order valence-corrected chi connectivity index (χ1v) is 8.77. The minimum atomic E-state index is -3.55. The third-order valence-corrected chi connectivity index (χ3v) is 5.64. The molecule has 0 atom stereocenters. The number of rotatable bonds is 4. The zero-order valence-electron chi connectivity index (χ0n) is 13.1. The van der Waals surface area contributed by atoms with Gasteiger partial charge >= 0.3 is 0 Å². The molecule has 1 saturated heterocycles. The minimum absolute atomic E-state index is 0.0282. The van der Waals surface area contributed by atoms with Crippen molar-refractivity contribution in [3.8, 4) is 34.3 Å². The van der Waals surface area contributed by atoms with Crippen LogP contribution in [0.1, 0.15) is 6.42 Å². The smallest absolute Gasteiger partial charge is 0.256 e. The molecule has 2 N–H and O–H groups in total. The molecule has 130 valence electrons. The molecule has 0 bridgehead atoms. The lowest BCUT2D eigenvalue weighted by atomic mass is 10.1. The predicted molar refractivity (Wildman–Crippen MR) is 86.3 cm³/mol. The fourth-order valence-corrected chi connectivity index (χ4v) is 4.11. The number of hydrogen-bond donors (Lipinski definition) is 2. The molecule has 0 unspecified atom stereocenters. The zero-order chi connectivity index (χ0) is 17.5. The van der Waals surface area contributed by atoms with Gasteiger partial charge in [0.05, 0.1) is 20.0 Å². The molecule has 1 aliphatic heterocycles. The van der Waals surface area contributed by atoms with Gasteiger partial charge in [-0.1, -0.05) is 0 Å². The molecule has 24 heavy (non-hydrogen) atoms. The Hall–Kier alpha value is -2.55. The highest BCUT2D eigenvalue weighted by atomic mass is 32.2. The van der Waals surface area contributed by atoms with E-state index in [1.54, 1.807) is 18.2 Å². The third-order valence-electron chi connectivity index (χ3n) is 3.81. The number of benzene rings is 1. The maximum atomic E-state index is 12.0. The van der Waals surface area contributed by atoms with E-state index in [9.17, 15) is 18.6 Å². The van der Waals surface area contributed by atoms with E-state index < -0.39 is 21.5 Å². The van der Waals surface area contributed by atoms with Gasteiger partial charge in [-0.15, -0.1) is 0 Å². The molecule has 0 amide bonds. The lowest BCUT2D eigenvalue weighted by molar-refractivity contribution is 0.355. The molecule has 3 rings (SSSR count). The van der Waals surface area contributed by atoms with Gasteiger partial charge in [0.2, 0.25) is 21.5 Å². The maximum absolute atomic E-state index is 12.0. The number of furan rings is 1. The first kappa shape index (κ1) is 16.3. The van der Waals surface area contributed by atoms with E-state index in [0.29, 0.717) is 23.5 Å². The van der Waals surface area contributed by atoms with Crippen LogP contribution >= 0.6 is 0 Å². The Morgan fingerprint density at radius 2 is 1.83 bits per heavy atom. The first-order valence-electron chi connectivity index (χ1n) is 7.16. The Morgan fingerprint density at radius 3 is 2.42 bits per heavy atom. The van der Waals surface area contributed by atoms with Crippen molar-refractivity contribution in [3.05, 3.63) is 18.2 Å². The molecule has 0 radical (unpaired) electrons. The molecule has 1 aliphatic rings. The van der Waals surface area contributed by atoms with Gasteiger partial charge in [-0.2, -0.15) is 0 Å². The van der Waals surface area contributed by atoms with Crippen LogP contribution in [0.3, 0.4) is 0 Å². The quantitative estimate of drug-likeness (QED) is 0.862. The van der Waals surface area contributed by atoms with Crippen LogP contribution in [0.15, 0.2) is 22.6 Å². The predicted octanol–water partition coefficient (Wildman–Crippen LogP) is 1.91. The van der Waals surface area contributed by atoms with Gasteiger partial charge in [0.1, 0.15) is 0 Å². The fourth-order valence-electron chi connectivity index (χ4n) is 2.61. The molecule has 1 fully saturated rings. The van der Waals surface area contributed by atoms with Gasteiger partial charge in [0.25, 0.3) is 5.88 Å². The Morgan fingerprint density at radius 1 is 1.12 bits per heavy atom. The molecule has 0 aliphatic carbocycles. The highest BCUT2D eigenvalue weighted by Gasteiger charge is 2.35. The summed E-state index contributed by atoms with van der Waals surface area (Å²) in [5, 5.41) is 20.2. The van der Waals surface area contributed by atoms with Crippen LogP contribution in [0.2, 0.25) is 0 Å². The van der Waals surface area contributed by atoms with Crippen LogP contribution in [0.4, 0.5) is 5.88 Å². The summed E-state index contributed by atoms with van der Waals surface area (Å²) in [5.74, 6) is -0.607. The van der Waals surface area contributed by atoms with Crippen LogP contribution in [0.5, 0.6) is 23.0 Å². The van der Waals surface area contributed by atoms with Crippen molar-refractivity contribution in [3.63, 3.8) is 0 Å². The molecule has 9 heteroatoms. The van der Waals surface area contributed by atoms with Crippen LogP contribution in [0, 0.1) is 0 Å². The van der Waals surface area contributed by atoms with E-state index in [4.69, 9.17) is 13.9 Å². The van der Waals surface area contributed by atoms with Gasteiger partial charge < -0.3 is 24.1 Å². The summed E-state index contributed by atoms with van der Waals surface area (Å²) in [6, 6.07) is 4.76. The topological polar surface area (TPSA) is 109 Å². The van der Waals surface area contributed by atoms with Gasteiger partial charge in [-0.25, -0.2) is 12.7 Å².